The minimum Gasteiger partial charge on any atom is -0.394 e. The van der Waals surface area contributed by atoms with Crippen molar-refractivity contribution < 1.29 is 117 Å². The lowest BCUT2D eigenvalue weighted by Gasteiger charge is -2.42. The normalized spacial score (nSPS) is 26.8. The molecule has 3 heterocycles. The third kappa shape index (κ3) is 31.7. The van der Waals surface area contributed by atoms with Gasteiger partial charge in [-0.05, 0) is 70.6 Å². The van der Waals surface area contributed by atoms with Crippen molar-refractivity contribution in [2.75, 3.05) is 79.5 Å². The van der Waals surface area contributed by atoms with E-state index in [-0.39, 0.29) is 101 Å². The fraction of sp³-hybridized carbons (Fsp3) is 0.869. The van der Waals surface area contributed by atoms with E-state index in [2.05, 4.69) is 42.5 Å². The number of hydrogen-bond acceptors (Lipinski definition) is 24. The molecule has 3 aliphatic rings. The van der Waals surface area contributed by atoms with E-state index in [4.69, 9.17) is 33.2 Å². The second-order valence-electron chi connectivity index (χ2n) is 24.1. The molecule has 3 rings (SSSR count). The van der Waals surface area contributed by atoms with Gasteiger partial charge in [0.15, 0.2) is 18.9 Å². The van der Waals surface area contributed by atoms with Gasteiger partial charge >= 0.3 is 0 Å². The van der Waals surface area contributed by atoms with E-state index in [1.165, 1.54) is 20.8 Å². The highest BCUT2D eigenvalue weighted by molar-refractivity contribution is 5.81. The zero-order valence-electron chi connectivity index (χ0n) is 54.6. The summed E-state index contributed by atoms with van der Waals surface area (Å²) in [6, 6.07) is -3.21. The third-order valence-corrected chi connectivity index (χ3v) is 16.3. The topological polar surface area (TPSA) is 479 Å². The van der Waals surface area contributed by atoms with E-state index < -0.39 is 141 Å². The predicted molar refractivity (Wildman–Crippen MR) is 330 cm³/mol. The SMILES string of the molecule is COCCCNC(=O)CCCC(=O)NC(CCC(=O)NCCCCCCOC1OC(CO)C(O)C(O)C1NC(C)=O)(CCC(=O)NCCCCCCOC1OC(CO)C(O)C(O)C1NC(C)=O)CCC(=O)NCCCCCCOC1OC(CO)C(O)C(O)C1NC(C)=O. The summed E-state index contributed by atoms with van der Waals surface area (Å²) in [5.41, 5.74) is -1.24. The molecule has 0 spiro atoms. The number of carbonyl (C=O) groups is 8. The Balaban J connectivity index is 1.63. The van der Waals surface area contributed by atoms with Crippen LogP contribution in [-0.2, 0) is 71.5 Å². The average molecular weight is 1340 g/mol. The quantitative estimate of drug-likeness (QED) is 0.0262. The van der Waals surface area contributed by atoms with Crippen molar-refractivity contribution in [2.45, 2.75) is 259 Å². The van der Waals surface area contributed by atoms with E-state index in [0.29, 0.717) is 116 Å². The van der Waals surface area contributed by atoms with Crippen molar-refractivity contribution >= 4 is 47.3 Å². The van der Waals surface area contributed by atoms with Crippen LogP contribution in [0.15, 0.2) is 0 Å². The number of carbonyl (C=O) groups excluding carboxylic acids is 8. The number of hydrogen-bond donors (Lipinski definition) is 17. The van der Waals surface area contributed by atoms with Crippen LogP contribution >= 0.6 is 0 Å². The Morgan fingerprint density at radius 3 is 0.957 bits per heavy atom. The second-order valence-corrected chi connectivity index (χ2v) is 24.1. The first kappa shape index (κ1) is 82.4. The van der Waals surface area contributed by atoms with Gasteiger partial charge in [0.1, 0.15) is 73.1 Å². The predicted octanol–water partition coefficient (Wildman–Crippen LogP) is -3.58. The molecule has 17 N–H and O–H groups in total. The monoisotopic (exact) mass is 1340 g/mol. The van der Waals surface area contributed by atoms with Gasteiger partial charge in [-0.25, -0.2) is 0 Å². The summed E-state index contributed by atoms with van der Waals surface area (Å²) in [7, 11) is 1.56. The van der Waals surface area contributed by atoms with Crippen LogP contribution in [0.1, 0.15) is 162 Å². The van der Waals surface area contributed by atoms with Crippen LogP contribution in [0.4, 0.5) is 0 Å². The van der Waals surface area contributed by atoms with Crippen molar-refractivity contribution in [3.8, 4) is 0 Å². The van der Waals surface area contributed by atoms with Gasteiger partial charge in [-0.2, -0.15) is 0 Å². The van der Waals surface area contributed by atoms with Crippen molar-refractivity contribution in [3.63, 3.8) is 0 Å². The van der Waals surface area contributed by atoms with Gasteiger partial charge < -0.3 is 122 Å². The Bertz CT molecular complexity index is 2000. The summed E-state index contributed by atoms with van der Waals surface area (Å²) in [5, 5.41) is 114. The number of nitrogens with one attached hydrogen (secondary N) is 8. The van der Waals surface area contributed by atoms with E-state index in [9.17, 15) is 84.3 Å². The lowest BCUT2D eigenvalue weighted by atomic mass is 9.82. The Morgan fingerprint density at radius 2 is 0.656 bits per heavy atom. The second kappa shape index (κ2) is 46.3. The molecule has 32 heteroatoms. The zero-order chi connectivity index (χ0) is 68.7. The molecule has 0 radical (unpaired) electrons. The van der Waals surface area contributed by atoms with Crippen molar-refractivity contribution in [3.05, 3.63) is 0 Å². The van der Waals surface area contributed by atoms with Crippen molar-refractivity contribution in [1.82, 2.24) is 42.5 Å². The van der Waals surface area contributed by atoms with Gasteiger partial charge in [0, 0.05) is 118 Å². The zero-order valence-corrected chi connectivity index (χ0v) is 54.6. The fourth-order valence-corrected chi connectivity index (χ4v) is 11.0. The van der Waals surface area contributed by atoms with E-state index in [0.717, 1.165) is 0 Å². The summed E-state index contributed by atoms with van der Waals surface area (Å²) in [4.78, 5) is 103. The number of unbranched alkanes of at least 4 members (excludes halogenated alkanes) is 9. The van der Waals surface area contributed by atoms with E-state index in [1.807, 2.05) is 0 Å². The van der Waals surface area contributed by atoms with Gasteiger partial charge in [0.05, 0.1) is 19.8 Å². The minimum atomic E-state index is -1.44. The van der Waals surface area contributed by atoms with Crippen molar-refractivity contribution in [2.24, 2.45) is 0 Å². The molecule has 0 saturated carbocycles. The standard InChI is InChI=1S/C61H110N8O24/c1-38(73)66-49-55(84)52(81)41(35-70)91-58(49)88-32-14-8-5-11-27-62-45(77)21-24-61(69-48(80)20-17-19-44(76)65-30-18-31-87-4,25-22-46(78)63-28-12-6-9-15-33-89-59-50(67-39(2)74)56(85)53(82)42(36-71)92-59)26-23-47(79)64-29-13-7-10-16-34-90-60-51(68-40(3)75)57(86)54(83)43(37-72)93-60/h41-43,49-60,70-72,81-86H,5-37H2,1-4H3,(H,62,77)(H,63,78)(H,64,79)(H,65,76)(H,66,73)(H,67,74)(H,68,75)(H,69,80). The largest absolute Gasteiger partial charge is 0.394 e. The Kier molecular flexibility index (Phi) is 41.0. The van der Waals surface area contributed by atoms with E-state index >= 15 is 0 Å². The van der Waals surface area contributed by atoms with Gasteiger partial charge in [0.2, 0.25) is 47.3 Å². The summed E-state index contributed by atoms with van der Waals surface area (Å²) in [6.45, 7) is 4.27. The molecule has 538 valence electrons. The molecular weight excluding hydrogens is 1230 g/mol. The molecule has 32 nitrogen and oxygen atoms in total. The summed E-state index contributed by atoms with van der Waals surface area (Å²) in [5.74, 6) is -3.11. The van der Waals surface area contributed by atoms with Crippen LogP contribution in [0.2, 0.25) is 0 Å². The molecule has 0 aromatic rings. The number of aliphatic hydroxyl groups excluding tert-OH is 9. The first-order chi connectivity index (χ1) is 44.5. The Hall–Kier alpha value is -4.88. The lowest BCUT2D eigenvalue weighted by Crippen LogP contribution is -2.64. The van der Waals surface area contributed by atoms with Crippen LogP contribution in [0.25, 0.3) is 0 Å². The Labute approximate surface area is 544 Å². The van der Waals surface area contributed by atoms with Crippen molar-refractivity contribution in [1.29, 1.82) is 0 Å². The molecule has 3 aliphatic heterocycles. The highest BCUT2D eigenvalue weighted by atomic mass is 16.7. The van der Waals surface area contributed by atoms with Crippen LogP contribution in [-0.4, -0.2) is 270 Å². The molecule has 8 amide bonds. The highest BCUT2D eigenvalue weighted by Crippen LogP contribution is 2.29. The van der Waals surface area contributed by atoms with Crippen LogP contribution in [0, 0.1) is 0 Å². The molecule has 0 aliphatic carbocycles. The van der Waals surface area contributed by atoms with E-state index in [1.54, 1.807) is 7.11 Å². The third-order valence-electron chi connectivity index (χ3n) is 16.3. The van der Waals surface area contributed by atoms with Crippen LogP contribution in [0.5, 0.6) is 0 Å². The maximum Gasteiger partial charge on any atom is 0.220 e. The maximum absolute atomic E-state index is 13.9. The summed E-state index contributed by atoms with van der Waals surface area (Å²) in [6.07, 6.45) is -7.31. The molecule has 0 aromatic carbocycles. The molecule has 15 unspecified atom stereocenters. The number of methoxy groups -OCH3 is 1. The smallest absolute Gasteiger partial charge is 0.220 e. The number of ether oxygens (including phenoxy) is 7. The molecule has 3 saturated heterocycles. The van der Waals surface area contributed by atoms with Gasteiger partial charge in [-0.3, -0.25) is 38.4 Å². The maximum atomic E-state index is 13.9. The molecular formula is C61H110N8O24. The fourth-order valence-electron chi connectivity index (χ4n) is 11.0. The minimum absolute atomic E-state index is 0.0491. The average Bonchev–Trinajstić information content (AvgIpc) is 0.894. The molecule has 15 atom stereocenters. The van der Waals surface area contributed by atoms with Gasteiger partial charge in [-0.15, -0.1) is 0 Å². The summed E-state index contributed by atoms with van der Waals surface area (Å²) >= 11 is 0. The first-order valence-corrected chi connectivity index (χ1v) is 32.9. The number of amides is 8. The Morgan fingerprint density at radius 1 is 0.366 bits per heavy atom. The lowest BCUT2D eigenvalue weighted by molar-refractivity contribution is -0.270. The first-order valence-electron chi connectivity index (χ1n) is 32.9. The molecule has 3 fully saturated rings. The highest BCUT2D eigenvalue weighted by Gasteiger charge is 2.48. The van der Waals surface area contributed by atoms with Gasteiger partial charge in [-0.1, -0.05) is 38.5 Å². The number of aliphatic hydroxyl groups is 9. The molecule has 93 heavy (non-hydrogen) atoms. The molecule has 0 aromatic heterocycles. The van der Waals surface area contributed by atoms with Gasteiger partial charge in [0.25, 0.3) is 0 Å². The molecule has 0 bridgehead atoms. The van der Waals surface area contributed by atoms with Crippen LogP contribution < -0.4 is 42.5 Å². The van der Waals surface area contributed by atoms with Crippen LogP contribution in [0.3, 0.4) is 0 Å². The summed E-state index contributed by atoms with van der Waals surface area (Å²) < 4.78 is 39.3. The number of rotatable bonds is 48.